The molecule has 1 aromatic heterocycles. The first kappa shape index (κ1) is 35.8. The molecule has 10 nitrogen and oxygen atoms in total. The van der Waals surface area contributed by atoms with Crippen molar-refractivity contribution >= 4 is 39.7 Å². The van der Waals surface area contributed by atoms with E-state index in [-0.39, 0.29) is 34.6 Å². The maximum absolute atomic E-state index is 13.2. The lowest BCUT2D eigenvalue weighted by molar-refractivity contribution is 0.0108. The van der Waals surface area contributed by atoms with Crippen molar-refractivity contribution in [2.24, 2.45) is 10.8 Å². The Balaban J connectivity index is 0.000000175. The standard InChI is InChI=1S/C21H25N3O3.C18H22BrNO3/c1-20(2,3)27-19(26)23-9-6-21(7-10-23)13-15-4-5-16(12-17(15)18(21)25)24-11-8-22-14-24;1-17(2,3)23-16(22)20-8-6-18(7-9-20)11-12-4-5-13(19)10-14(12)15(18)21/h4-5,8,11-12,14H,6-7,9-10,13H2,1-3H3;4-5,10H,6-9,11H2,1-3H3. The Labute approximate surface area is 302 Å². The van der Waals surface area contributed by atoms with Crippen LogP contribution in [0.5, 0.6) is 0 Å². The topological polar surface area (TPSA) is 111 Å². The van der Waals surface area contributed by atoms with Gasteiger partial charge in [-0.05, 0) is 115 Å². The summed E-state index contributed by atoms with van der Waals surface area (Å²) in [6, 6.07) is 12.0. The molecule has 0 bridgehead atoms. The molecule has 2 fully saturated rings. The first-order valence-corrected chi connectivity index (χ1v) is 18.2. The average Bonchev–Trinajstić information content (AvgIpc) is 3.74. The molecule has 2 spiro atoms. The fourth-order valence-corrected chi connectivity index (χ4v) is 7.93. The van der Waals surface area contributed by atoms with E-state index in [1.165, 1.54) is 0 Å². The summed E-state index contributed by atoms with van der Waals surface area (Å²) < 4.78 is 13.7. The predicted octanol–water partition coefficient (Wildman–Crippen LogP) is 7.83. The summed E-state index contributed by atoms with van der Waals surface area (Å²) in [7, 11) is 0. The molecule has 7 rings (SSSR count). The number of hydrogen-bond acceptors (Lipinski definition) is 7. The number of Topliss-reactive ketones (excluding diaryl/α,β-unsaturated/α-hetero) is 2. The first-order valence-electron chi connectivity index (χ1n) is 17.4. The Bertz CT molecular complexity index is 1790. The molecule has 2 aliphatic heterocycles. The SMILES string of the molecule is CC(C)(C)OC(=O)N1CCC2(CC1)Cc1ccc(-n3ccnc3)cc1C2=O.CC(C)(C)OC(=O)N1CCC2(CC1)Cc1ccc(Br)cc1C2=O. The van der Waals surface area contributed by atoms with Gasteiger partial charge in [0.05, 0.1) is 6.33 Å². The molecule has 2 aromatic carbocycles. The van der Waals surface area contributed by atoms with Gasteiger partial charge in [-0.15, -0.1) is 0 Å². The molecule has 50 heavy (non-hydrogen) atoms. The average molecular weight is 748 g/mol. The highest BCUT2D eigenvalue weighted by Crippen LogP contribution is 2.46. The highest BCUT2D eigenvalue weighted by Gasteiger charge is 2.49. The maximum Gasteiger partial charge on any atom is 0.410 e. The first-order chi connectivity index (χ1) is 23.5. The number of amides is 2. The fraction of sp³-hybridized carbons (Fsp3) is 0.513. The lowest BCUT2D eigenvalue weighted by Gasteiger charge is -2.38. The number of carbonyl (C=O) groups excluding carboxylic acids is 4. The van der Waals surface area contributed by atoms with Gasteiger partial charge in [0.2, 0.25) is 0 Å². The second-order valence-electron chi connectivity index (χ2n) is 16.1. The van der Waals surface area contributed by atoms with Gasteiger partial charge in [0.15, 0.2) is 11.6 Å². The summed E-state index contributed by atoms with van der Waals surface area (Å²) in [5.74, 6) is 0.445. The van der Waals surface area contributed by atoms with Gasteiger partial charge in [-0.1, -0.05) is 28.1 Å². The number of imidazole rings is 1. The third-order valence-corrected chi connectivity index (χ3v) is 10.7. The number of ether oxygens (including phenoxy) is 2. The van der Waals surface area contributed by atoms with Crippen molar-refractivity contribution in [3.8, 4) is 5.69 Å². The van der Waals surface area contributed by atoms with Crippen molar-refractivity contribution in [1.82, 2.24) is 19.4 Å². The Hall–Kier alpha value is -3.99. The van der Waals surface area contributed by atoms with Crippen LogP contribution >= 0.6 is 15.9 Å². The van der Waals surface area contributed by atoms with Crippen molar-refractivity contribution in [1.29, 1.82) is 0 Å². The van der Waals surface area contributed by atoms with Gasteiger partial charge in [0.25, 0.3) is 0 Å². The normalized spacial score (nSPS) is 19.2. The molecule has 2 saturated heterocycles. The number of hydrogen-bond donors (Lipinski definition) is 0. The number of halogens is 1. The summed E-state index contributed by atoms with van der Waals surface area (Å²) in [6.45, 7) is 13.5. The molecular formula is C39H47BrN4O6. The van der Waals surface area contributed by atoms with Gasteiger partial charge in [-0.2, -0.15) is 0 Å². The Kier molecular flexibility index (Phi) is 9.52. The molecule has 266 valence electrons. The Morgan fingerprint density at radius 2 is 1.18 bits per heavy atom. The van der Waals surface area contributed by atoms with Crippen LogP contribution in [0.15, 0.2) is 59.6 Å². The molecule has 2 aliphatic carbocycles. The van der Waals surface area contributed by atoms with E-state index in [1.54, 1.807) is 22.3 Å². The molecule has 4 aliphatic rings. The Morgan fingerprint density at radius 3 is 1.62 bits per heavy atom. The highest BCUT2D eigenvalue weighted by atomic mass is 79.9. The molecule has 3 heterocycles. The fourth-order valence-electron chi connectivity index (χ4n) is 7.57. The van der Waals surface area contributed by atoms with E-state index in [9.17, 15) is 19.2 Å². The quantitative estimate of drug-likeness (QED) is 0.250. The van der Waals surface area contributed by atoms with Gasteiger partial charge in [-0.3, -0.25) is 9.59 Å². The summed E-state index contributed by atoms with van der Waals surface area (Å²) in [4.78, 5) is 58.1. The van der Waals surface area contributed by atoms with Crippen LogP contribution in [0, 0.1) is 10.8 Å². The number of fused-ring (bicyclic) bond motifs is 2. The molecular weight excluding hydrogens is 700 g/mol. The van der Waals surface area contributed by atoms with E-state index in [0.29, 0.717) is 51.9 Å². The molecule has 0 unspecified atom stereocenters. The highest BCUT2D eigenvalue weighted by molar-refractivity contribution is 9.10. The van der Waals surface area contributed by atoms with Gasteiger partial charge in [-0.25, -0.2) is 14.6 Å². The third kappa shape index (κ3) is 7.38. The zero-order valence-corrected chi connectivity index (χ0v) is 31.5. The zero-order chi connectivity index (χ0) is 36.1. The minimum atomic E-state index is -0.505. The smallest absolute Gasteiger partial charge is 0.410 e. The van der Waals surface area contributed by atoms with E-state index in [1.807, 2.05) is 82.6 Å². The van der Waals surface area contributed by atoms with Crippen molar-refractivity contribution in [3.05, 3.63) is 81.8 Å². The summed E-state index contributed by atoms with van der Waals surface area (Å²) in [5, 5.41) is 0. The van der Waals surface area contributed by atoms with Crippen LogP contribution in [-0.2, 0) is 22.3 Å². The number of nitrogens with zero attached hydrogens (tertiary/aromatic N) is 4. The number of aromatic nitrogens is 2. The van der Waals surface area contributed by atoms with E-state index in [2.05, 4.69) is 27.0 Å². The lowest BCUT2D eigenvalue weighted by Crippen LogP contribution is -2.47. The molecule has 0 saturated carbocycles. The molecule has 3 aromatic rings. The van der Waals surface area contributed by atoms with E-state index in [4.69, 9.17) is 9.47 Å². The van der Waals surface area contributed by atoms with Crippen LogP contribution in [0.3, 0.4) is 0 Å². The largest absolute Gasteiger partial charge is 0.444 e. The maximum atomic E-state index is 13.2. The van der Waals surface area contributed by atoms with Crippen LogP contribution in [0.1, 0.15) is 99.1 Å². The van der Waals surface area contributed by atoms with Crippen LogP contribution in [0.4, 0.5) is 9.59 Å². The van der Waals surface area contributed by atoms with Crippen molar-refractivity contribution in [2.75, 3.05) is 26.2 Å². The van der Waals surface area contributed by atoms with Gasteiger partial charge in [0.1, 0.15) is 11.2 Å². The van der Waals surface area contributed by atoms with Crippen LogP contribution in [0.2, 0.25) is 0 Å². The second kappa shape index (κ2) is 13.3. The third-order valence-electron chi connectivity index (χ3n) is 10.2. The second-order valence-corrected chi connectivity index (χ2v) is 17.0. The lowest BCUT2D eigenvalue weighted by atomic mass is 9.75. The summed E-state index contributed by atoms with van der Waals surface area (Å²) in [6.07, 6.45) is 9.08. The zero-order valence-electron chi connectivity index (χ0n) is 29.9. The predicted molar refractivity (Wildman–Crippen MR) is 193 cm³/mol. The minimum Gasteiger partial charge on any atom is -0.444 e. The molecule has 2 amide bonds. The van der Waals surface area contributed by atoms with Crippen molar-refractivity contribution in [3.63, 3.8) is 0 Å². The van der Waals surface area contributed by atoms with Gasteiger partial charge >= 0.3 is 12.2 Å². The van der Waals surface area contributed by atoms with Crippen molar-refractivity contribution in [2.45, 2.75) is 91.3 Å². The minimum absolute atomic E-state index is 0.211. The number of benzene rings is 2. The summed E-state index contributed by atoms with van der Waals surface area (Å²) in [5.41, 5.74) is 3.13. The van der Waals surface area contributed by atoms with E-state index >= 15 is 0 Å². The molecule has 11 heteroatoms. The number of likely N-dealkylation sites (tertiary alicyclic amines) is 2. The molecule has 0 N–H and O–H groups in total. The molecule has 0 atom stereocenters. The van der Waals surface area contributed by atoms with Gasteiger partial charge in [0, 0.05) is 70.7 Å². The number of carbonyl (C=O) groups is 4. The van der Waals surface area contributed by atoms with Crippen molar-refractivity contribution < 1.29 is 28.7 Å². The van der Waals surface area contributed by atoms with Crippen LogP contribution in [-0.4, -0.2) is 80.5 Å². The van der Waals surface area contributed by atoms with Gasteiger partial charge < -0.3 is 23.8 Å². The number of piperidine rings is 2. The Morgan fingerprint density at radius 1 is 0.720 bits per heavy atom. The molecule has 0 radical (unpaired) electrons. The number of rotatable bonds is 1. The number of ketones is 2. The van der Waals surface area contributed by atoms with Crippen LogP contribution < -0.4 is 0 Å². The van der Waals surface area contributed by atoms with Crippen LogP contribution in [0.25, 0.3) is 5.69 Å². The summed E-state index contributed by atoms with van der Waals surface area (Å²) >= 11 is 3.44. The van der Waals surface area contributed by atoms with E-state index in [0.717, 1.165) is 45.3 Å². The van der Waals surface area contributed by atoms with E-state index < -0.39 is 11.2 Å². The monoisotopic (exact) mass is 746 g/mol.